The second kappa shape index (κ2) is 10.7. The van der Waals surface area contributed by atoms with Crippen LogP contribution in [0.15, 0.2) is 85.2 Å². The molecule has 188 valence electrons. The molecule has 0 bridgehead atoms. The van der Waals surface area contributed by atoms with Crippen LogP contribution in [0.4, 0.5) is 14.5 Å². The smallest absolute Gasteiger partial charge is 0.226 e. The van der Waals surface area contributed by atoms with Gasteiger partial charge in [0.25, 0.3) is 0 Å². The number of nitrogens with zero attached hydrogens (tertiary/aromatic N) is 3. The molecule has 0 radical (unpaired) electrons. The maximum absolute atomic E-state index is 13.8. The van der Waals surface area contributed by atoms with Gasteiger partial charge in [-0.15, -0.1) is 0 Å². The number of carbonyl (C=O) groups is 1. The van der Waals surface area contributed by atoms with Gasteiger partial charge in [0.1, 0.15) is 11.6 Å². The fourth-order valence-electron chi connectivity index (χ4n) is 4.45. The van der Waals surface area contributed by atoms with Crippen molar-refractivity contribution < 1.29 is 13.6 Å². The van der Waals surface area contributed by atoms with Crippen molar-refractivity contribution in [1.82, 2.24) is 19.8 Å². The number of anilines is 1. The van der Waals surface area contributed by atoms with Crippen molar-refractivity contribution in [2.24, 2.45) is 0 Å². The Morgan fingerprint density at radius 2 is 1.89 bits per heavy atom. The summed E-state index contributed by atoms with van der Waals surface area (Å²) < 4.78 is 29.0. The van der Waals surface area contributed by atoms with Crippen molar-refractivity contribution in [1.29, 1.82) is 0 Å². The summed E-state index contributed by atoms with van der Waals surface area (Å²) in [6.07, 6.45) is 3.73. The predicted octanol–water partition coefficient (Wildman–Crippen LogP) is 5.81. The first-order chi connectivity index (χ1) is 17.9. The summed E-state index contributed by atoms with van der Waals surface area (Å²) in [5, 5.41) is 6.65. The van der Waals surface area contributed by atoms with Crippen LogP contribution >= 0.6 is 23.8 Å². The zero-order valence-corrected chi connectivity index (χ0v) is 21.0. The van der Waals surface area contributed by atoms with Gasteiger partial charge >= 0.3 is 0 Å². The van der Waals surface area contributed by atoms with Gasteiger partial charge < -0.3 is 20.1 Å². The zero-order chi connectivity index (χ0) is 25.9. The number of pyridine rings is 1. The summed E-state index contributed by atoms with van der Waals surface area (Å²) in [6.45, 7) is 0.322. The molecule has 2 atom stereocenters. The number of benzene rings is 2. The van der Waals surface area contributed by atoms with Crippen LogP contribution in [-0.4, -0.2) is 32.0 Å². The Morgan fingerprint density at radius 3 is 2.62 bits per heavy atom. The highest BCUT2D eigenvalue weighted by atomic mass is 35.5. The second-order valence-electron chi connectivity index (χ2n) is 8.53. The van der Waals surface area contributed by atoms with Crippen LogP contribution in [0.1, 0.15) is 29.9 Å². The Morgan fingerprint density at radius 1 is 1.08 bits per heavy atom. The molecular formula is C27H22ClF2N5OS. The van der Waals surface area contributed by atoms with E-state index in [9.17, 15) is 13.6 Å². The molecule has 1 saturated heterocycles. The lowest BCUT2D eigenvalue weighted by molar-refractivity contribution is -0.116. The van der Waals surface area contributed by atoms with Crippen molar-refractivity contribution in [3.05, 3.63) is 113 Å². The molecule has 0 spiro atoms. The van der Waals surface area contributed by atoms with Gasteiger partial charge in [-0.05, 0) is 78.9 Å². The average molecular weight is 538 g/mol. The van der Waals surface area contributed by atoms with Gasteiger partial charge in [-0.3, -0.25) is 9.78 Å². The Hall–Kier alpha value is -3.82. The molecule has 6 nitrogen and oxygen atoms in total. The first kappa shape index (κ1) is 24.9. The lowest BCUT2D eigenvalue weighted by atomic mass is 10.0. The normalized spacial score (nSPS) is 17.1. The summed E-state index contributed by atoms with van der Waals surface area (Å²) in [5.41, 5.74) is 2.86. The molecule has 37 heavy (non-hydrogen) atoms. The third kappa shape index (κ3) is 5.33. The standard InChI is InChI=1S/C27H22ClF2N5OS/c28-20-16-19(10-11-21(20)30)34-14-3-5-23(34)26-25(22-4-1-2-13-31-22)33-27(37)35(26)15-12-24(36)32-18-8-6-17(29)7-9-18/h1-11,13-14,16,25-26H,12,15H2,(H,32,36)(H,33,37). The molecule has 1 aliphatic heterocycles. The highest BCUT2D eigenvalue weighted by molar-refractivity contribution is 7.80. The first-order valence-electron chi connectivity index (χ1n) is 11.6. The van der Waals surface area contributed by atoms with E-state index in [4.69, 9.17) is 23.8 Å². The fourth-order valence-corrected chi connectivity index (χ4v) is 4.96. The van der Waals surface area contributed by atoms with Gasteiger partial charge in [0.15, 0.2) is 5.11 Å². The average Bonchev–Trinajstić information content (AvgIpc) is 3.50. The van der Waals surface area contributed by atoms with Gasteiger partial charge in [0, 0.05) is 42.4 Å². The summed E-state index contributed by atoms with van der Waals surface area (Å²) in [5.74, 6) is -1.10. The van der Waals surface area contributed by atoms with Crippen LogP contribution in [0.25, 0.3) is 5.69 Å². The Bertz CT molecular complexity index is 1430. The topological polar surface area (TPSA) is 62.2 Å². The zero-order valence-electron chi connectivity index (χ0n) is 19.4. The number of nitrogens with one attached hydrogen (secondary N) is 2. The lowest BCUT2D eigenvalue weighted by Gasteiger charge is -2.29. The largest absolute Gasteiger partial charge is 0.352 e. The quantitative estimate of drug-likeness (QED) is 0.292. The number of hydrogen-bond donors (Lipinski definition) is 2. The van der Waals surface area contributed by atoms with E-state index < -0.39 is 5.82 Å². The number of carbonyl (C=O) groups excluding carboxylic acids is 1. The molecule has 1 fully saturated rings. The molecule has 4 aromatic rings. The van der Waals surface area contributed by atoms with Crippen molar-refractivity contribution >= 4 is 40.5 Å². The predicted molar refractivity (Wildman–Crippen MR) is 143 cm³/mol. The van der Waals surface area contributed by atoms with Crippen molar-refractivity contribution in [3.8, 4) is 5.69 Å². The minimum absolute atomic E-state index is 0.0211. The van der Waals surface area contributed by atoms with Crippen molar-refractivity contribution in [2.75, 3.05) is 11.9 Å². The molecule has 0 saturated carbocycles. The molecule has 2 aromatic heterocycles. The van der Waals surface area contributed by atoms with Crippen LogP contribution in [0.5, 0.6) is 0 Å². The van der Waals surface area contributed by atoms with Crippen molar-refractivity contribution in [3.63, 3.8) is 0 Å². The van der Waals surface area contributed by atoms with Crippen LogP contribution in [0.3, 0.4) is 0 Å². The van der Waals surface area contributed by atoms with Crippen LogP contribution < -0.4 is 10.6 Å². The van der Waals surface area contributed by atoms with E-state index in [2.05, 4.69) is 15.6 Å². The highest BCUT2D eigenvalue weighted by Gasteiger charge is 2.41. The Balaban J connectivity index is 1.44. The molecule has 1 amide bonds. The van der Waals surface area contributed by atoms with E-state index in [1.54, 1.807) is 18.3 Å². The van der Waals surface area contributed by atoms with E-state index in [-0.39, 0.29) is 35.3 Å². The summed E-state index contributed by atoms with van der Waals surface area (Å²) in [7, 11) is 0. The molecule has 1 aliphatic rings. The minimum Gasteiger partial charge on any atom is -0.352 e. The molecule has 2 N–H and O–H groups in total. The van der Waals surface area contributed by atoms with E-state index >= 15 is 0 Å². The van der Waals surface area contributed by atoms with E-state index in [0.717, 1.165) is 11.4 Å². The summed E-state index contributed by atoms with van der Waals surface area (Å²) in [4.78, 5) is 19.2. The third-order valence-corrected chi connectivity index (χ3v) is 6.81. The second-order valence-corrected chi connectivity index (χ2v) is 9.32. The number of halogens is 3. The maximum Gasteiger partial charge on any atom is 0.226 e. The van der Waals surface area contributed by atoms with Gasteiger partial charge in [0.2, 0.25) is 5.91 Å². The number of thiocarbonyl (C=S) groups is 1. The van der Waals surface area contributed by atoms with Crippen LogP contribution in [0.2, 0.25) is 5.02 Å². The van der Waals surface area contributed by atoms with Gasteiger partial charge in [0.05, 0.1) is 22.8 Å². The number of amides is 1. The Kier molecular flexibility index (Phi) is 7.16. The molecular weight excluding hydrogens is 516 g/mol. The lowest BCUT2D eigenvalue weighted by Crippen LogP contribution is -2.33. The van der Waals surface area contributed by atoms with Gasteiger partial charge in [-0.25, -0.2) is 8.78 Å². The van der Waals surface area contributed by atoms with E-state index in [1.165, 1.54) is 30.3 Å². The van der Waals surface area contributed by atoms with Crippen LogP contribution in [0, 0.1) is 11.6 Å². The van der Waals surface area contributed by atoms with Crippen LogP contribution in [-0.2, 0) is 4.79 Å². The third-order valence-electron chi connectivity index (χ3n) is 6.17. The maximum atomic E-state index is 13.8. The fraction of sp³-hybridized carbons (Fsp3) is 0.148. The number of rotatable bonds is 7. The van der Waals surface area contributed by atoms with E-state index in [0.29, 0.717) is 23.0 Å². The molecule has 2 aromatic carbocycles. The van der Waals surface area contributed by atoms with Crippen molar-refractivity contribution in [2.45, 2.75) is 18.5 Å². The minimum atomic E-state index is -0.497. The SMILES string of the molecule is O=C(CCN1C(=S)NC(c2ccccn2)C1c1cccn1-c1ccc(F)c(Cl)c1)Nc1ccc(F)cc1. The monoisotopic (exact) mass is 537 g/mol. The summed E-state index contributed by atoms with van der Waals surface area (Å²) >= 11 is 11.8. The molecule has 3 heterocycles. The molecule has 10 heteroatoms. The highest BCUT2D eigenvalue weighted by Crippen LogP contribution is 2.39. The Labute approximate surface area is 222 Å². The molecule has 5 rings (SSSR count). The number of hydrogen-bond acceptors (Lipinski definition) is 3. The summed E-state index contributed by atoms with van der Waals surface area (Å²) in [6, 6.07) is 19.0. The molecule has 2 unspecified atom stereocenters. The van der Waals surface area contributed by atoms with E-state index in [1.807, 2.05) is 46.0 Å². The number of aromatic nitrogens is 2. The molecule has 0 aliphatic carbocycles. The van der Waals surface area contributed by atoms with Gasteiger partial charge in [-0.1, -0.05) is 17.7 Å². The first-order valence-corrected chi connectivity index (χ1v) is 12.4. The van der Waals surface area contributed by atoms with Gasteiger partial charge in [-0.2, -0.15) is 0 Å².